The SMILES string of the molecule is COCC(O)CNCC1CC(O)C1. The van der Waals surface area contributed by atoms with Crippen molar-refractivity contribution in [3.05, 3.63) is 0 Å². The average molecular weight is 189 g/mol. The molecule has 0 aliphatic heterocycles. The van der Waals surface area contributed by atoms with Gasteiger partial charge in [-0.1, -0.05) is 0 Å². The van der Waals surface area contributed by atoms with Gasteiger partial charge < -0.3 is 20.3 Å². The number of methoxy groups -OCH3 is 1. The van der Waals surface area contributed by atoms with Gasteiger partial charge in [-0.05, 0) is 25.3 Å². The molecular weight excluding hydrogens is 170 g/mol. The van der Waals surface area contributed by atoms with Gasteiger partial charge in [0, 0.05) is 13.7 Å². The first-order chi connectivity index (χ1) is 6.22. The second-order valence-corrected chi connectivity index (χ2v) is 3.76. The van der Waals surface area contributed by atoms with Gasteiger partial charge in [0.05, 0.1) is 18.8 Å². The van der Waals surface area contributed by atoms with Crippen molar-refractivity contribution in [2.45, 2.75) is 25.0 Å². The van der Waals surface area contributed by atoms with Crippen LogP contribution in [-0.2, 0) is 4.74 Å². The Balaban J connectivity index is 1.89. The fourth-order valence-corrected chi connectivity index (χ4v) is 1.57. The molecule has 0 amide bonds. The van der Waals surface area contributed by atoms with Gasteiger partial charge >= 0.3 is 0 Å². The zero-order chi connectivity index (χ0) is 9.68. The zero-order valence-electron chi connectivity index (χ0n) is 8.07. The summed E-state index contributed by atoms with van der Waals surface area (Å²) in [5.41, 5.74) is 0. The highest BCUT2D eigenvalue weighted by Gasteiger charge is 2.26. The minimum Gasteiger partial charge on any atom is -0.393 e. The molecule has 0 aromatic carbocycles. The van der Waals surface area contributed by atoms with Crippen LogP contribution in [-0.4, -0.2) is 49.2 Å². The minimum atomic E-state index is -0.421. The van der Waals surface area contributed by atoms with E-state index in [1.54, 1.807) is 7.11 Å². The lowest BCUT2D eigenvalue weighted by Gasteiger charge is -2.31. The lowest BCUT2D eigenvalue weighted by Crippen LogP contribution is -2.39. The number of aliphatic hydroxyl groups is 2. The number of rotatable bonds is 6. The van der Waals surface area contributed by atoms with E-state index in [1.807, 2.05) is 0 Å². The van der Waals surface area contributed by atoms with Crippen LogP contribution < -0.4 is 5.32 Å². The summed E-state index contributed by atoms with van der Waals surface area (Å²) in [6, 6.07) is 0. The molecule has 0 aromatic rings. The lowest BCUT2D eigenvalue weighted by atomic mass is 9.82. The van der Waals surface area contributed by atoms with Gasteiger partial charge in [-0.15, -0.1) is 0 Å². The van der Waals surface area contributed by atoms with Crippen molar-refractivity contribution in [1.29, 1.82) is 0 Å². The summed E-state index contributed by atoms with van der Waals surface area (Å²) >= 11 is 0. The van der Waals surface area contributed by atoms with E-state index in [0.29, 0.717) is 19.1 Å². The summed E-state index contributed by atoms with van der Waals surface area (Å²) in [6.07, 6.45) is 1.28. The quantitative estimate of drug-likeness (QED) is 0.520. The van der Waals surface area contributed by atoms with E-state index in [0.717, 1.165) is 19.4 Å². The summed E-state index contributed by atoms with van der Waals surface area (Å²) in [5, 5.41) is 21.4. The first-order valence-corrected chi connectivity index (χ1v) is 4.78. The second kappa shape index (κ2) is 5.54. The van der Waals surface area contributed by atoms with Gasteiger partial charge in [-0.3, -0.25) is 0 Å². The summed E-state index contributed by atoms with van der Waals surface area (Å²) < 4.78 is 4.79. The number of aliphatic hydroxyl groups excluding tert-OH is 2. The first kappa shape index (κ1) is 10.9. The zero-order valence-corrected chi connectivity index (χ0v) is 8.07. The van der Waals surface area contributed by atoms with E-state index in [4.69, 9.17) is 9.84 Å². The maximum absolute atomic E-state index is 9.27. The van der Waals surface area contributed by atoms with E-state index in [2.05, 4.69) is 5.32 Å². The lowest BCUT2D eigenvalue weighted by molar-refractivity contribution is 0.0366. The highest BCUT2D eigenvalue weighted by Crippen LogP contribution is 2.25. The third-order valence-corrected chi connectivity index (χ3v) is 2.38. The first-order valence-electron chi connectivity index (χ1n) is 4.78. The molecule has 0 heterocycles. The Bertz CT molecular complexity index is 132. The van der Waals surface area contributed by atoms with Crippen LogP contribution in [0.2, 0.25) is 0 Å². The molecule has 4 nitrogen and oxygen atoms in total. The molecule has 78 valence electrons. The van der Waals surface area contributed by atoms with Crippen molar-refractivity contribution >= 4 is 0 Å². The predicted octanol–water partition coefficient (Wildman–Crippen LogP) is -0.646. The molecule has 0 bridgehead atoms. The molecular formula is C9H19NO3. The van der Waals surface area contributed by atoms with Crippen LogP contribution in [0.5, 0.6) is 0 Å². The molecule has 1 aliphatic rings. The Morgan fingerprint density at radius 2 is 2.23 bits per heavy atom. The summed E-state index contributed by atoms with van der Waals surface area (Å²) in [4.78, 5) is 0. The molecule has 1 unspecified atom stereocenters. The Labute approximate surface area is 78.9 Å². The molecule has 0 radical (unpaired) electrons. The fraction of sp³-hybridized carbons (Fsp3) is 1.00. The van der Waals surface area contributed by atoms with Gasteiger partial charge in [-0.2, -0.15) is 0 Å². The molecule has 3 N–H and O–H groups in total. The van der Waals surface area contributed by atoms with Gasteiger partial charge in [0.25, 0.3) is 0 Å². The predicted molar refractivity (Wildman–Crippen MR) is 49.5 cm³/mol. The summed E-state index contributed by atoms with van der Waals surface area (Å²) in [7, 11) is 1.57. The standard InChI is InChI=1S/C9H19NO3/c1-13-6-9(12)5-10-4-7-2-8(11)3-7/h7-12H,2-6H2,1H3. The van der Waals surface area contributed by atoms with Gasteiger partial charge in [0.1, 0.15) is 0 Å². The van der Waals surface area contributed by atoms with Crippen molar-refractivity contribution in [1.82, 2.24) is 5.32 Å². The molecule has 4 heteroatoms. The van der Waals surface area contributed by atoms with Crippen molar-refractivity contribution in [3.8, 4) is 0 Å². The molecule has 1 fully saturated rings. The van der Waals surface area contributed by atoms with E-state index in [1.165, 1.54) is 0 Å². The van der Waals surface area contributed by atoms with Crippen LogP contribution in [0.15, 0.2) is 0 Å². The van der Waals surface area contributed by atoms with Crippen LogP contribution >= 0.6 is 0 Å². The number of ether oxygens (including phenoxy) is 1. The maximum atomic E-state index is 9.27. The smallest absolute Gasteiger partial charge is 0.0897 e. The Morgan fingerprint density at radius 3 is 2.77 bits per heavy atom. The molecule has 1 aliphatic carbocycles. The van der Waals surface area contributed by atoms with E-state index >= 15 is 0 Å². The van der Waals surface area contributed by atoms with Gasteiger partial charge in [-0.25, -0.2) is 0 Å². The topological polar surface area (TPSA) is 61.7 Å². The van der Waals surface area contributed by atoms with Crippen LogP contribution in [0, 0.1) is 5.92 Å². The molecule has 0 spiro atoms. The molecule has 0 aromatic heterocycles. The third-order valence-electron chi connectivity index (χ3n) is 2.38. The number of hydrogen-bond donors (Lipinski definition) is 3. The average Bonchev–Trinajstić information content (AvgIpc) is 2.01. The monoisotopic (exact) mass is 189 g/mol. The summed E-state index contributed by atoms with van der Waals surface area (Å²) in [5.74, 6) is 0.588. The second-order valence-electron chi connectivity index (χ2n) is 3.76. The molecule has 1 saturated carbocycles. The van der Waals surface area contributed by atoms with Crippen LogP contribution in [0.3, 0.4) is 0 Å². The van der Waals surface area contributed by atoms with Crippen molar-refractivity contribution in [3.63, 3.8) is 0 Å². The minimum absolute atomic E-state index is 0.0873. The third kappa shape index (κ3) is 4.04. The molecule has 13 heavy (non-hydrogen) atoms. The highest BCUT2D eigenvalue weighted by molar-refractivity contribution is 4.80. The van der Waals surface area contributed by atoms with E-state index in [9.17, 15) is 5.11 Å². The normalized spacial score (nSPS) is 29.8. The molecule has 1 atom stereocenters. The molecule has 1 rings (SSSR count). The van der Waals surface area contributed by atoms with Crippen LogP contribution in [0.1, 0.15) is 12.8 Å². The number of nitrogens with one attached hydrogen (secondary N) is 1. The van der Waals surface area contributed by atoms with Crippen molar-refractivity contribution < 1.29 is 14.9 Å². The Hall–Kier alpha value is -0.160. The Kier molecular flexibility index (Phi) is 4.66. The highest BCUT2D eigenvalue weighted by atomic mass is 16.5. The van der Waals surface area contributed by atoms with Gasteiger partial charge in [0.15, 0.2) is 0 Å². The molecule has 0 saturated heterocycles. The van der Waals surface area contributed by atoms with Crippen molar-refractivity contribution in [2.24, 2.45) is 5.92 Å². The number of hydrogen-bond acceptors (Lipinski definition) is 4. The fourth-order valence-electron chi connectivity index (χ4n) is 1.57. The van der Waals surface area contributed by atoms with Crippen LogP contribution in [0.4, 0.5) is 0 Å². The van der Waals surface area contributed by atoms with E-state index < -0.39 is 6.10 Å². The Morgan fingerprint density at radius 1 is 1.54 bits per heavy atom. The van der Waals surface area contributed by atoms with E-state index in [-0.39, 0.29) is 6.10 Å². The maximum Gasteiger partial charge on any atom is 0.0897 e. The van der Waals surface area contributed by atoms with Gasteiger partial charge in [0.2, 0.25) is 0 Å². The summed E-state index contributed by atoms with van der Waals surface area (Å²) in [6.45, 7) is 1.83. The van der Waals surface area contributed by atoms with Crippen molar-refractivity contribution in [2.75, 3.05) is 26.8 Å². The van der Waals surface area contributed by atoms with Crippen LogP contribution in [0.25, 0.3) is 0 Å². The largest absolute Gasteiger partial charge is 0.393 e.